The van der Waals surface area contributed by atoms with E-state index in [1.54, 1.807) is 0 Å². The van der Waals surface area contributed by atoms with Gasteiger partial charge in [0.2, 0.25) is 0 Å². The second kappa shape index (κ2) is 10.4. The molecule has 0 heterocycles. The van der Waals surface area contributed by atoms with Crippen molar-refractivity contribution in [3.63, 3.8) is 0 Å². The lowest BCUT2D eigenvalue weighted by atomic mass is 9.69. The van der Waals surface area contributed by atoms with Gasteiger partial charge >= 0.3 is 0 Å². The molecule has 2 atom stereocenters. The highest BCUT2D eigenvalue weighted by molar-refractivity contribution is 5.51. The number of phenols is 2. The molecule has 0 fully saturated rings. The van der Waals surface area contributed by atoms with Gasteiger partial charge in [0.25, 0.3) is 0 Å². The Bertz CT molecular complexity index is 859. The molecule has 0 amide bonds. The molecule has 2 unspecified atom stereocenters. The van der Waals surface area contributed by atoms with Crippen LogP contribution in [0.5, 0.6) is 11.5 Å². The molecule has 0 aromatic heterocycles. The van der Waals surface area contributed by atoms with Gasteiger partial charge in [0.05, 0.1) is 12.2 Å². The monoisotopic (exact) mass is 422 g/mol. The molecule has 0 saturated carbocycles. The fourth-order valence-corrected chi connectivity index (χ4v) is 4.83. The number of hydrogen-bond acceptors (Lipinski definition) is 3. The highest BCUT2D eigenvalue weighted by Crippen LogP contribution is 2.49. The largest absolute Gasteiger partial charge is 0.507 e. The minimum absolute atomic E-state index is 0.0794. The zero-order valence-electron chi connectivity index (χ0n) is 19.5. The van der Waals surface area contributed by atoms with E-state index in [4.69, 9.17) is 4.74 Å². The quantitative estimate of drug-likeness (QED) is 0.330. The normalized spacial score (nSPS) is 19.3. The van der Waals surface area contributed by atoms with E-state index < -0.39 is 5.60 Å². The first-order chi connectivity index (χ1) is 14.8. The summed E-state index contributed by atoms with van der Waals surface area (Å²) in [5, 5.41) is 21.9. The molecule has 0 aliphatic heterocycles. The minimum atomic E-state index is -0.406. The predicted octanol–water partition coefficient (Wildman–Crippen LogP) is 7.27. The van der Waals surface area contributed by atoms with Crippen molar-refractivity contribution in [3.05, 3.63) is 70.8 Å². The molecule has 3 heteroatoms. The van der Waals surface area contributed by atoms with Gasteiger partial charge in [-0.3, -0.25) is 0 Å². The summed E-state index contributed by atoms with van der Waals surface area (Å²) in [5.74, 6) is 0.476. The number of ether oxygens (including phenoxy) is 1. The van der Waals surface area contributed by atoms with E-state index in [0.717, 1.165) is 49.7 Å². The van der Waals surface area contributed by atoms with E-state index in [1.165, 1.54) is 5.57 Å². The van der Waals surface area contributed by atoms with Crippen LogP contribution in [0.2, 0.25) is 0 Å². The van der Waals surface area contributed by atoms with Crippen molar-refractivity contribution < 1.29 is 14.9 Å². The first-order valence-electron chi connectivity index (χ1n) is 11.7. The first-order valence-corrected chi connectivity index (χ1v) is 11.7. The van der Waals surface area contributed by atoms with Crippen molar-refractivity contribution in [3.8, 4) is 11.5 Å². The minimum Gasteiger partial charge on any atom is -0.507 e. The first kappa shape index (κ1) is 23.4. The zero-order chi connectivity index (χ0) is 22.4. The molecule has 0 radical (unpaired) electrons. The number of phenolic OH excluding ortho intramolecular Hbond substituents is 2. The lowest BCUT2D eigenvalue weighted by molar-refractivity contribution is -0.0783. The van der Waals surface area contributed by atoms with Crippen LogP contribution >= 0.6 is 0 Å². The maximum Gasteiger partial charge on any atom is 0.123 e. The van der Waals surface area contributed by atoms with Gasteiger partial charge < -0.3 is 14.9 Å². The summed E-state index contributed by atoms with van der Waals surface area (Å²) in [6, 6.07) is 13.9. The highest BCUT2D eigenvalue weighted by Gasteiger charge is 2.40. The zero-order valence-corrected chi connectivity index (χ0v) is 19.5. The van der Waals surface area contributed by atoms with Gasteiger partial charge in [-0.1, -0.05) is 61.7 Å². The molecule has 1 aliphatic carbocycles. The van der Waals surface area contributed by atoms with Crippen LogP contribution in [-0.4, -0.2) is 15.8 Å². The summed E-state index contributed by atoms with van der Waals surface area (Å²) in [6.07, 6.45) is 8.45. The Hall–Kier alpha value is -2.26. The Kier molecular flexibility index (Phi) is 7.83. The summed E-state index contributed by atoms with van der Waals surface area (Å²) >= 11 is 0. The number of rotatable bonds is 9. The molecule has 31 heavy (non-hydrogen) atoms. The van der Waals surface area contributed by atoms with Crippen molar-refractivity contribution >= 4 is 0 Å². The van der Waals surface area contributed by atoms with Crippen LogP contribution in [0.1, 0.15) is 82.4 Å². The van der Waals surface area contributed by atoms with Crippen molar-refractivity contribution in [1.29, 1.82) is 0 Å². The van der Waals surface area contributed by atoms with Crippen LogP contribution in [0.3, 0.4) is 0 Å². The maximum atomic E-state index is 10.9. The van der Waals surface area contributed by atoms with Gasteiger partial charge in [0.1, 0.15) is 11.5 Å². The summed E-state index contributed by atoms with van der Waals surface area (Å²) in [6.45, 7) is 9.13. The van der Waals surface area contributed by atoms with Crippen molar-refractivity contribution in [2.45, 2.75) is 84.3 Å². The van der Waals surface area contributed by atoms with Crippen molar-refractivity contribution in [1.82, 2.24) is 0 Å². The smallest absolute Gasteiger partial charge is 0.123 e. The van der Waals surface area contributed by atoms with Gasteiger partial charge in [0.15, 0.2) is 0 Å². The van der Waals surface area contributed by atoms with E-state index in [9.17, 15) is 10.2 Å². The molecular formula is C28H38O3. The molecule has 3 rings (SSSR count). The van der Waals surface area contributed by atoms with E-state index >= 15 is 0 Å². The third-order valence-corrected chi connectivity index (χ3v) is 6.69. The average molecular weight is 423 g/mol. The van der Waals surface area contributed by atoms with Gasteiger partial charge in [0, 0.05) is 11.5 Å². The molecule has 3 nitrogen and oxygen atoms in total. The number of benzene rings is 2. The molecule has 0 spiro atoms. The Morgan fingerprint density at radius 2 is 1.68 bits per heavy atom. The summed E-state index contributed by atoms with van der Waals surface area (Å²) in [7, 11) is 0. The standard InChI is InChI=1S/C28H38O3/c1-5-6-8-13-22-17-25(29)27(26(30)18-22)23-16-20(2)14-15-24(23)28(3,4)31-19-21-11-9-7-10-12-21/h7,9-12,16-18,23-24,29-30H,5-6,8,13-15,19H2,1-4H3. The second-order valence-corrected chi connectivity index (χ2v) is 9.57. The lowest BCUT2D eigenvalue weighted by Crippen LogP contribution is -2.39. The van der Waals surface area contributed by atoms with Crippen LogP contribution in [0.4, 0.5) is 0 Å². The summed E-state index contributed by atoms with van der Waals surface area (Å²) < 4.78 is 6.42. The van der Waals surface area contributed by atoms with E-state index in [1.807, 2.05) is 30.3 Å². The van der Waals surface area contributed by atoms with Gasteiger partial charge in [-0.2, -0.15) is 0 Å². The SMILES string of the molecule is CCCCCc1cc(O)c(C2C=C(C)CCC2C(C)(C)OCc2ccccc2)c(O)c1. The van der Waals surface area contributed by atoms with Gasteiger partial charge in [-0.15, -0.1) is 0 Å². The summed E-state index contributed by atoms with van der Waals surface area (Å²) in [5.41, 5.74) is 3.68. The van der Waals surface area contributed by atoms with Crippen LogP contribution < -0.4 is 0 Å². The number of aryl methyl sites for hydroxylation is 1. The molecule has 2 aromatic rings. The fourth-order valence-electron chi connectivity index (χ4n) is 4.83. The van der Waals surface area contributed by atoms with Gasteiger partial charge in [-0.05, 0) is 75.6 Å². The maximum absolute atomic E-state index is 10.9. The molecule has 168 valence electrons. The second-order valence-electron chi connectivity index (χ2n) is 9.57. The van der Waals surface area contributed by atoms with E-state index in [-0.39, 0.29) is 23.3 Å². The van der Waals surface area contributed by atoms with Crippen LogP contribution in [-0.2, 0) is 17.8 Å². The predicted molar refractivity (Wildman–Crippen MR) is 128 cm³/mol. The average Bonchev–Trinajstić information content (AvgIpc) is 2.73. The number of aromatic hydroxyl groups is 2. The van der Waals surface area contributed by atoms with Gasteiger partial charge in [-0.25, -0.2) is 0 Å². The number of allylic oxidation sites excluding steroid dienone is 2. The molecule has 2 aromatic carbocycles. The van der Waals surface area contributed by atoms with Crippen molar-refractivity contribution in [2.24, 2.45) is 5.92 Å². The molecular weight excluding hydrogens is 384 g/mol. The van der Waals surface area contributed by atoms with E-state index in [0.29, 0.717) is 12.2 Å². The molecule has 1 aliphatic rings. The Morgan fingerprint density at radius 1 is 1.00 bits per heavy atom. The Morgan fingerprint density at radius 3 is 2.32 bits per heavy atom. The topological polar surface area (TPSA) is 49.7 Å². The van der Waals surface area contributed by atoms with Crippen LogP contribution in [0, 0.1) is 5.92 Å². The Labute approximate surface area is 187 Å². The lowest BCUT2D eigenvalue weighted by Gasteiger charge is -2.41. The third kappa shape index (κ3) is 5.92. The number of hydrogen-bond donors (Lipinski definition) is 2. The van der Waals surface area contributed by atoms with E-state index in [2.05, 4.69) is 45.9 Å². The third-order valence-electron chi connectivity index (χ3n) is 6.69. The van der Waals surface area contributed by atoms with Crippen LogP contribution in [0.25, 0.3) is 0 Å². The molecule has 0 saturated heterocycles. The Balaban J connectivity index is 1.85. The number of unbranched alkanes of at least 4 members (excludes halogenated alkanes) is 2. The molecule has 0 bridgehead atoms. The fraction of sp³-hybridized carbons (Fsp3) is 0.500. The highest BCUT2D eigenvalue weighted by atomic mass is 16.5. The van der Waals surface area contributed by atoms with Crippen LogP contribution in [0.15, 0.2) is 54.1 Å². The summed E-state index contributed by atoms with van der Waals surface area (Å²) in [4.78, 5) is 0. The molecule has 2 N–H and O–H groups in total. The van der Waals surface area contributed by atoms with Crippen molar-refractivity contribution in [2.75, 3.05) is 0 Å².